The third-order valence-corrected chi connectivity index (χ3v) is 3.49. The van der Waals surface area contributed by atoms with Crippen molar-refractivity contribution in [1.29, 1.82) is 0 Å². The molecule has 1 aliphatic heterocycles. The van der Waals surface area contributed by atoms with E-state index in [1.807, 2.05) is 25.3 Å². The maximum atomic E-state index is 5.81. The van der Waals surface area contributed by atoms with Gasteiger partial charge in [0.1, 0.15) is 5.82 Å². The standard InChI is InChI=1S/C13H21N3O/c1-9(14)11-4-5-13(15-8-11)16(3)12-6-7-17-10(12)2/h4-5,8-10,12H,6-7,14H2,1-3H3/t9-,10?,12?/m1/s1. The van der Waals surface area contributed by atoms with Crippen LogP contribution >= 0.6 is 0 Å². The molecule has 0 radical (unpaired) electrons. The van der Waals surface area contributed by atoms with Crippen LogP contribution in [-0.2, 0) is 4.74 Å². The van der Waals surface area contributed by atoms with E-state index in [0.717, 1.165) is 24.4 Å². The average molecular weight is 235 g/mol. The molecule has 1 saturated heterocycles. The minimum Gasteiger partial charge on any atom is -0.376 e. The topological polar surface area (TPSA) is 51.4 Å². The summed E-state index contributed by atoms with van der Waals surface area (Å²) in [6, 6.07) is 4.53. The van der Waals surface area contributed by atoms with Crippen molar-refractivity contribution in [2.75, 3.05) is 18.6 Å². The Bertz CT molecular complexity index is 363. The molecule has 0 spiro atoms. The quantitative estimate of drug-likeness (QED) is 0.866. The van der Waals surface area contributed by atoms with Gasteiger partial charge in [0, 0.05) is 25.9 Å². The molecule has 0 bridgehead atoms. The minimum absolute atomic E-state index is 0.0376. The molecule has 0 aliphatic carbocycles. The van der Waals surface area contributed by atoms with Gasteiger partial charge in [-0.05, 0) is 31.9 Å². The lowest BCUT2D eigenvalue weighted by atomic mass is 10.1. The van der Waals surface area contributed by atoms with Gasteiger partial charge in [-0.1, -0.05) is 6.07 Å². The fourth-order valence-electron chi connectivity index (χ4n) is 2.27. The smallest absolute Gasteiger partial charge is 0.128 e. The van der Waals surface area contributed by atoms with E-state index in [1.165, 1.54) is 0 Å². The Labute approximate surface area is 103 Å². The van der Waals surface area contributed by atoms with Gasteiger partial charge in [0.25, 0.3) is 0 Å². The Balaban J connectivity index is 2.11. The van der Waals surface area contributed by atoms with Gasteiger partial charge in [-0.15, -0.1) is 0 Å². The lowest BCUT2D eigenvalue weighted by molar-refractivity contribution is 0.118. The van der Waals surface area contributed by atoms with Gasteiger partial charge >= 0.3 is 0 Å². The molecule has 2 rings (SSSR count). The van der Waals surface area contributed by atoms with Crippen LogP contribution in [0, 0.1) is 0 Å². The van der Waals surface area contributed by atoms with Crippen molar-refractivity contribution in [1.82, 2.24) is 4.98 Å². The Kier molecular flexibility index (Phi) is 3.64. The van der Waals surface area contributed by atoms with Gasteiger partial charge in [-0.2, -0.15) is 0 Å². The molecule has 17 heavy (non-hydrogen) atoms. The number of likely N-dealkylation sites (N-methyl/N-ethyl adjacent to an activating group) is 1. The third kappa shape index (κ3) is 2.58. The molecule has 3 atom stereocenters. The van der Waals surface area contributed by atoms with E-state index in [1.54, 1.807) is 0 Å². The van der Waals surface area contributed by atoms with Crippen LogP contribution in [0.2, 0.25) is 0 Å². The summed E-state index contributed by atoms with van der Waals surface area (Å²) in [6.45, 7) is 4.92. The van der Waals surface area contributed by atoms with Crippen molar-refractivity contribution in [3.63, 3.8) is 0 Å². The normalized spacial score (nSPS) is 25.9. The van der Waals surface area contributed by atoms with Crippen LogP contribution in [0.5, 0.6) is 0 Å². The first-order chi connectivity index (χ1) is 8.09. The highest BCUT2D eigenvalue weighted by molar-refractivity contribution is 5.40. The molecule has 1 aromatic rings. The maximum Gasteiger partial charge on any atom is 0.128 e. The second-order valence-electron chi connectivity index (χ2n) is 4.78. The molecular formula is C13H21N3O. The van der Waals surface area contributed by atoms with Crippen LogP contribution in [0.25, 0.3) is 0 Å². The Hall–Kier alpha value is -1.13. The molecule has 1 aliphatic rings. The number of nitrogens with zero attached hydrogens (tertiary/aromatic N) is 2. The average Bonchev–Trinajstić information content (AvgIpc) is 2.74. The molecule has 4 nitrogen and oxygen atoms in total. The Morgan fingerprint density at radius 1 is 1.53 bits per heavy atom. The summed E-state index contributed by atoms with van der Waals surface area (Å²) in [6.07, 6.45) is 3.20. The summed E-state index contributed by atoms with van der Waals surface area (Å²) < 4.78 is 5.58. The van der Waals surface area contributed by atoms with Crippen LogP contribution in [0.15, 0.2) is 18.3 Å². The van der Waals surface area contributed by atoms with Crippen molar-refractivity contribution in [2.45, 2.75) is 38.5 Å². The van der Waals surface area contributed by atoms with Crippen molar-refractivity contribution < 1.29 is 4.74 Å². The van der Waals surface area contributed by atoms with Gasteiger partial charge in [0.05, 0.1) is 12.1 Å². The molecule has 0 amide bonds. The first kappa shape index (κ1) is 12.3. The number of hydrogen-bond donors (Lipinski definition) is 1. The van der Waals surface area contributed by atoms with Crippen molar-refractivity contribution in [2.24, 2.45) is 5.73 Å². The number of rotatable bonds is 3. The van der Waals surface area contributed by atoms with Gasteiger partial charge in [0.15, 0.2) is 0 Å². The molecule has 1 aromatic heterocycles. The zero-order valence-electron chi connectivity index (χ0n) is 10.8. The van der Waals surface area contributed by atoms with E-state index in [0.29, 0.717) is 6.04 Å². The number of ether oxygens (including phenoxy) is 1. The van der Waals surface area contributed by atoms with E-state index in [2.05, 4.69) is 23.9 Å². The lowest BCUT2D eigenvalue weighted by Gasteiger charge is -2.27. The summed E-state index contributed by atoms with van der Waals surface area (Å²) in [7, 11) is 2.07. The monoisotopic (exact) mass is 235 g/mol. The molecule has 2 N–H and O–H groups in total. The molecule has 2 heterocycles. The molecule has 0 aromatic carbocycles. The van der Waals surface area contributed by atoms with E-state index in [-0.39, 0.29) is 12.1 Å². The van der Waals surface area contributed by atoms with Crippen molar-refractivity contribution >= 4 is 5.82 Å². The largest absolute Gasteiger partial charge is 0.376 e. The summed E-state index contributed by atoms with van der Waals surface area (Å²) in [5, 5.41) is 0. The van der Waals surface area contributed by atoms with Gasteiger partial charge in [-0.25, -0.2) is 4.98 Å². The lowest BCUT2D eigenvalue weighted by Crippen LogP contribution is -2.37. The van der Waals surface area contributed by atoms with E-state index in [4.69, 9.17) is 10.5 Å². The molecule has 0 saturated carbocycles. The van der Waals surface area contributed by atoms with Crippen LogP contribution in [0.1, 0.15) is 31.9 Å². The van der Waals surface area contributed by atoms with Gasteiger partial charge in [-0.3, -0.25) is 0 Å². The SMILES string of the molecule is CC1OCCC1N(C)c1ccc([C@@H](C)N)cn1. The van der Waals surface area contributed by atoms with Crippen LogP contribution < -0.4 is 10.6 Å². The summed E-state index contributed by atoms with van der Waals surface area (Å²) in [4.78, 5) is 6.67. The number of nitrogens with two attached hydrogens (primary N) is 1. The van der Waals surface area contributed by atoms with Gasteiger partial charge < -0.3 is 15.4 Å². The van der Waals surface area contributed by atoms with Crippen LogP contribution in [-0.4, -0.2) is 30.8 Å². The summed E-state index contributed by atoms with van der Waals surface area (Å²) >= 11 is 0. The molecule has 2 unspecified atom stereocenters. The predicted molar refractivity (Wildman–Crippen MR) is 69.1 cm³/mol. The second-order valence-corrected chi connectivity index (χ2v) is 4.78. The molecular weight excluding hydrogens is 214 g/mol. The zero-order valence-corrected chi connectivity index (χ0v) is 10.8. The first-order valence-corrected chi connectivity index (χ1v) is 6.15. The highest BCUT2D eigenvalue weighted by Crippen LogP contribution is 2.23. The zero-order chi connectivity index (χ0) is 12.4. The fourth-order valence-corrected chi connectivity index (χ4v) is 2.27. The summed E-state index contributed by atoms with van der Waals surface area (Å²) in [5.74, 6) is 0.983. The maximum absolute atomic E-state index is 5.81. The van der Waals surface area contributed by atoms with E-state index < -0.39 is 0 Å². The molecule has 94 valence electrons. The van der Waals surface area contributed by atoms with Crippen LogP contribution in [0.3, 0.4) is 0 Å². The number of hydrogen-bond acceptors (Lipinski definition) is 4. The minimum atomic E-state index is 0.0376. The Morgan fingerprint density at radius 3 is 2.76 bits per heavy atom. The molecule has 1 fully saturated rings. The summed E-state index contributed by atoms with van der Waals surface area (Å²) in [5.41, 5.74) is 6.88. The molecule has 4 heteroatoms. The highest BCUT2D eigenvalue weighted by atomic mass is 16.5. The third-order valence-electron chi connectivity index (χ3n) is 3.49. The fraction of sp³-hybridized carbons (Fsp3) is 0.615. The van der Waals surface area contributed by atoms with Crippen molar-refractivity contribution in [3.05, 3.63) is 23.9 Å². The first-order valence-electron chi connectivity index (χ1n) is 6.15. The number of aromatic nitrogens is 1. The van der Waals surface area contributed by atoms with Crippen molar-refractivity contribution in [3.8, 4) is 0 Å². The predicted octanol–water partition coefficient (Wildman–Crippen LogP) is 1.71. The highest BCUT2D eigenvalue weighted by Gasteiger charge is 2.28. The van der Waals surface area contributed by atoms with E-state index >= 15 is 0 Å². The number of anilines is 1. The van der Waals surface area contributed by atoms with E-state index in [9.17, 15) is 0 Å². The second kappa shape index (κ2) is 5.02. The van der Waals surface area contributed by atoms with Crippen LogP contribution in [0.4, 0.5) is 5.82 Å². The Morgan fingerprint density at radius 2 is 2.29 bits per heavy atom. The number of pyridine rings is 1. The van der Waals surface area contributed by atoms with Gasteiger partial charge in [0.2, 0.25) is 0 Å².